The van der Waals surface area contributed by atoms with Crippen LogP contribution in [0.4, 0.5) is 0 Å². The van der Waals surface area contributed by atoms with E-state index in [1.54, 1.807) is 14.2 Å². The third kappa shape index (κ3) is 4.04. The number of pyridine rings is 1. The molecule has 5 nitrogen and oxygen atoms in total. The number of benzene rings is 2. The molecule has 29 heavy (non-hydrogen) atoms. The average molecular weight is 392 g/mol. The molecule has 0 unspecified atom stereocenters. The van der Waals surface area contributed by atoms with Gasteiger partial charge in [0.2, 0.25) is 0 Å². The maximum atomic E-state index is 13.6. The number of nitrogens with zero attached hydrogens (tertiary/aromatic N) is 2. The summed E-state index contributed by atoms with van der Waals surface area (Å²) >= 11 is 0. The zero-order valence-electron chi connectivity index (χ0n) is 17.8. The van der Waals surface area contributed by atoms with Gasteiger partial charge < -0.3 is 14.4 Å². The molecule has 0 radical (unpaired) electrons. The molecule has 0 aliphatic rings. The van der Waals surface area contributed by atoms with Crippen LogP contribution in [0.1, 0.15) is 41.0 Å². The van der Waals surface area contributed by atoms with Gasteiger partial charge in [-0.15, -0.1) is 0 Å². The highest BCUT2D eigenvalue weighted by Gasteiger charge is 2.22. The number of methoxy groups -OCH3 is 2. The molecule has 152 valence electrons. The van der Waals surface area contributed by atoms with Crippen molar-refractivity contribution in [3.63, 3.8) is 0 Å². The zero-order valence-corrected chi connectivity index (χ0v) is 17.8. The van der Waals surface area contributed by atoms with Crippen molar-refractivity contribution in [2.24, 2.45) is 0 Å². The molecule has 1 aromatic heterocycles. The lowest BCUT2D eigenvalue weighted by Gasteiger charge is -2.24. The maximum absolute atomic E-state index is 13.6. The fourth-order valence-electron chi connectivity index (χ4n) is 3.66. The Hall–Kier alpha value is -3.08. The highest BCUT2D eigenvalue weighted by molar-refractivity contribution is 6.07. The van der Waals surface area contributed by atoms with Gasteiger partial charge in [-0.1, -0.05) is 31.2 Å². The molecule has 0 saturated heterocycles. The molecule has 0 N–H and O–H groups in total. The van der Waals surface area contributed by atoms with Crippen molar-refractivity contribution in [3.05, 3.63) is 64.8 Å². The highest BCUT2D eigenvalue weighted by Crippen LogP contribution is 2.29. The fraction of sp³-hybridized carbons (Fsp3) is 0.333. The SMILES string of the molecule is CCc1nc2ccccc2c(C(=O)N(CC)Cc2ccc(OC)c(OC)c2)c1C. The molecule has 5 heteroatoms. The number of hydrogen-bond donors (Lipinski definition) is 0. The predicted octanol–water partition coefficient (Wildman–Crippen LogP) is 4.79. The Morgan fingerprint density at radius 1 is 1.03 bits per heavy atom. The van der Waals surface area contributed by atoms with Crippen molar-refractivity contribution in [1.82, 2.24) is 9.88 Å². The smallest absolute Gasteiger partial charge is 0.255 e. The van der Waals surface area contributed by atoms with Gasteiger partial charge in [-0.25, -0.2) is 0 Å². The summed E-state index contributed by atoms with van der Waals surface area (Å²) in [5.41, 5.74) is 4.52. The Morgan fingerprint density at radius 3 is 2.41 bits per heavy atom. The lowest BCUT2D eigenvalue weighted by Crippen LogP contribution is -2.31. The number of para-hydroxylation sites is 1. The van der Waals surface area contributed by atoms with E-state index in [0.717, 1.165) is 39.7 Å². The second-order valence-electron chi connectivity index (χ2n) is 6.94. The third-order valence-corrected chi connectivity index (χ3v) is 5.28. The first kappa shape index (κ1) is 20.6. The van der Waals surface area contributed by atoms with Crippen molar-refractivity contribution in [2.75, 3.05) is 20.8 Å². The van der Waals surface area contributed by atoms with Gasteiger partial charge in [0.15, 0.2) is 11.5 Å². The summed E-state index contributed by atoms with van der Waals surface area (Å²) < 4.78 is 10.7. The van der Waals surface area contributed by atoms with Gasteiger partial charge in [-0.3, -0.25) is 9.78 Å². The Bertz CT molecular complexity index is 1030. The molecule has 0 atom stereocenters. The summed E-state index contributed by atoms with van der Waals surface area (Å²) in [5, 5.41) is 0.901. The highest BCUT2D eigenvalue weighted by atomic mass is 16.5. The van der Waals surface area contributed by atoms with Crippen LogP contribution >= 0.6 is 0 Å². The van der Waals surface area contributed by atoms with E-state index >= 15 is 0 Å². The van der Waals surface area contributed by atoms with Gasteiger partial charge in [0.05, 0.1) is 25.3 Å². The van der Waals surface area contributed by atoms with E-state index in [2.05, 4.69) is 6.92 Å². The van der Waals surface area contributed by atoms with Gasteiger partial charge in [0.1, 0.15) is 0 Å². The van der Waals surface area contributed by atoms with Crippen LogP contribution in [-0.2, 0) is 13.0 Å². The number of fused-ring (bicyclic) bond motifs is 1. The standard InChI is InChI=1S/C24H28N2O3/c1-6-19-16(3)23(18-10-8-9-11-20(18)25-19)24(27)26(7-2)15-17-12-13-21(28-4)22(14-17)29-5/h8-14H,6-7,15H2,1-5H3. The molecule has 3 aromatic rings. The molecule has 1 heterocycles. The molecule has 0 bridgehead atoms. The molecule has 0 saturated carbocycles. The van der Waals surface area contributed by atoms with Gasteiger partial charge in [-0.2, -0.15) is 0 Å². The normalized spacial score (nSPS) is 10.8. The number of amides is 1. The van der Waals surface area contributed by atoms with E-state index < -0.39 is 0 Å². The first-order valence-corrected chi connectivity index (χ1v) is 9.92. The minimum atomic E-state index is 0.0214. The monoisotopic (exact) mass is 392 g/mol. The molecule has 0 spiro atoms. The van der Waals surface area contributed by atoms with Gasteiger partial charge >= 0.3 is 0 Å². The second kappa shape index (κ2) is 8.95. The molecule has 2 aromatic carbocycles. The van der Waals surface area contributed by atoms with Crippen LogP contribution < -0.4 is 9.47 Å². The van der Waals surface area contributed by atoms with Crippen LogP contribution in [0.25, 0.3) is 10.9 Å². The Morgan fingerprint density at radius 2 is 1.76 bits per heavy atom. The second-order valence-corrected chi connectivity index (χ2v) is 6.94. The van der Waals surface area contributed by atoms with Crippen LogP contribution in [0.3, 0.4) is 0 Å². The van der Waals surface area contributed by atoms with Crippen molar-refractivity contribution < 1.29 is 14.3 Å². The van der Waals surface area contributed by atoms with E-state index in [4.69, 9.17) is 14.5 Å². The minimum absolute atomic E-state index is 0.0214. The summed E-state index contributed by atoms with van der Waals surface area (Å²) in [6, 6.07) is 13.6. The van der Waals surface area contributed by atoms with Crippen LogP contribution in [0.15, 0.2) is 42.5 Å². The number of ether oxygens (including phenoxy) is 2. The first-order chi connectivity index (χ1) is 14.0. The van der Waals surface area contributed by atoms with Crippen molar-refractivity contribution in [2.45, 2.75) is 33.7 Å². The summed E-state index contributed by atoms with van der Waals surface area (Å²) in [4.78, 5) is 20.2. The fourth-order valence-corrected chi connectivity index (χ4v) is 3.66. The largest absolute Gasteiger partial charge is 0.493 e. The number of hydrogen-bond acceptors (Lipinski definition) is 4. The van der Waals surface area contributed by atoms with E-state index in [1.807, 2.05) is 61.2 Å². The number of carbonyl (C=O) groups is 1. The van der Waals surface area contributed by atoms with E-state index in [1.165, 1.54) is 0 Å². The number of rotatable bonds is 7. The summed E-state index contributed by atoms with van der Waals surface area (Å²) in [6.45, 7) is 7.16. The molecule has 0 fully saturated rings. The topological polar surface area (TPSA) is 51.7 Å². The van der Waals surface area contributed by atoms with Crippen LogP contribution in [0.5, 0.6) is 11.5 Å². The van der Waals surface area contributed by atoms with Gasteiger partial charge in [-0.05, 0) is 49.6 Å². The molecule has 0 aliphatic carbocycles. The summed E-state index contributed by atoms with van der Waals surface area (Å²) in [7, 11) is 3.23. The Balaban J connectivity index is 2.01. The third-order valence-electron chi connectivity index (χ3n) is 5.28. The van der Waals surface area contributed by atoms with E-state index in [-0.39, 0.29) is 5.91 Å². The molecule has 1 amide bonds. The first-order valence-electron chi connectivity index (χ1n) is 9.92. The van der Waals surface area contributed by atoms with Crippen molar-refractivity contribution in [3.8, 4) is 11.5 Å². The molecule has 0 aliphatic heterocycles. The molecule has 3 rings (SSSR count). The number of aromatic nitrogens is 1. The quantitative estimate of drug-likeness (QED) is 0.580. The lowest BCUT2D eigenvalue weighted by atomic mass is 9.99. The van der Waals surface area contributed by atoms with Crippen LogP contribution in [0, 0.1) is 6.92 Å². The summed E-state index contributed by atoms with van der Waals surface area (Å²) in [5.74, 6) is 1.36. The van der Waals surface area contributed by atoms with Crippen molar-refractivity contribution in [1.29, 1.82) is 0 Å². The minimum Gasteiger partial charge on any atom is -0.493 e. The molecular weight excluding hydrogens is 364 g/mol. The lowest BCUT2D eigenvalue weighted by molar-refractivity contribution is 0.0753. The van der Waals surface area contributed by atoms with Crippen LogP contribution in [0.2, 0.25) is 0 Å². The Kier molecular flexibility index (Phi) is 6.37. The number of aryl methyl sites for hydroxylation is 1. The molecular formula is C24H28N2O3. The van der Waals surface area contributed by atoms with Gasteiger partial charge in [0.25, 0.3) is 5.91 Å². The Labute approximate surface area is 172 Å². The van der Waals surface area contributed by atoms with Gasteiger partial charge in [0, 0.05) is 24.2 Å². The zero-order chi connectivity index (χ0) is 21.0. The summed E-state index contributed by atoms with van der Waals surface area (Å²) in [6.07, 6.45) is 0.790. The van der Waals surface area contributed by atoms with E-state index in [9.17, 15) is 4.79 Å². The van der Waals surface area contributed by atoms with E-state index in [0.29, 0.717) is 24.6 Å². The van der Waals surface area contributed by atoms with Crippen LogP contribution in [-0.4, -0.2) is 36.6 Å². The number of carbonyl (C=O) groups excluding carboxylic acids is 1. The predicted molar refractivity (Wildman–Crippen MR) is 116 cm³/mol. The average Bonchev–Trinajstić information content (AvgIpc) is 2.76. The van der Waals surface area contributed by atoms with Crippen molar-refractivity contribution >= 4 is 16.8 Å². The maximum Gasteiger partial charge on any atom is 0.255 e.